The zero-order valence-corrected chi connectivity index (χ0v) is 15.4. The molecule has 0 unspecified atom stereocenters. The molecule has 0 fully saturated rings. The normalized spacial score (nSPS) is 20.9. The monoisotopic (exact) mass is 368 g/mol. The van der Waals surface area contributed by atoms with Crippen LogP contribution < -0.4 is 0 Å². The predicted molar refractivity (Wildman–Crippen MR) is 110 cm³/mol. The first-order valence-corrected chi connectivity index (χ1v) is 9.49. The SMILES string of the molecule is c1ccc([C@@H]2COC(c3cccc(C4=N[C@@H](c5ccccc5)CO4)c3)=N2)cc1. The fourth-order valence-electron chi connectivity index (χ4n) is 3.54. The van der Waals surface area contributed by atoms with Crippen molar-refractivity contribution in [3.63, 3.8) is 0 Å². The van der Waals surface area contributed by atoms with Gasteiger partial charge in [0, 0.05) is 11.1 Å². The van der Waals surface area contributed by atoms with Crippen molar-refractivity contribution in [3.05, 3.63) is 107 Å². The van der Waals surface area contributed by atoms with Crippen LogP contribution in [-0.2, 0) is 9.47 Å². The molecule has 4 nitrogen and oxygen atoms in total. The average Bonchev–Trinajstić information content (AvgIpc) is 3.46. The lowest BCUT2D eigenvalue weighted by Gasteiger charge is -2.05. The van der Waals surface area contributed by atoms with Gasteiger partial charge in [-0.2, -0.15) is 0 Å². The molecule has 0 radical (unpaired) electrons. The first kappa shape index (κ1) is 16.8. The van der Waals surface area contributed by atoms with E-state index in [-0.39, 0.29) is 12.1 Å². The van der Waals surface area contributed by atoms with E-state index in [2.05, 4.69) is 24.3 Å². The molecule has 3 aromatic carbocycles. The fraction of sp³-hybridized carbons (Fsp3) is 0.167. The van der Waals surface area contributed by atoms with E-state index < -0.39 is 0 Å². The van der Waals surface area contributed by atoms with E-state index in [0.717, 1.165) is 11.1 Å². The van der Waals surface area contributed by atoms with Crippen molar-refractivity contribution in [3.8, 4) is 0 Å². The molecule has 28 heavy (non-hydrogen) atoms. The fourth-order valence-corrected chi connectivity index (χ4v) is 3.54. The Balaban J connectivity index is 1.39. The van der Waals surface area contributed by atoms with Crippen LogP contribution in [0.1, 0.15) is 34.3 Å². The van der Waals surface area contributed by atoms with Crippen molar-refractivity contribution in [1.29, 1.82) is 0 Å². The van der Waals surface area contributed by atoms with Crippen LogP contribution in [0.4, 0.5) is 0 Å². The van der Waals surface area contributed by atoms with Gasteiger partial charge < -0.3 is 9.47 Å². The maximum Gasteiger partial charge on any atom is 0.216 e. The highest BCUT2D eigenvalue weighted by atomic mass is 16.5. The molecular formula is C24H20N2O2. The van der Waals surface area contributed by atoms with Crippen molar-refractivity contribution >= 4 is 11.8 Å². The summed E-state index contributed by atoms with van der Waals surface area (Å²) in [5.74, 6) is 1.35. The van der Waals surface area contributed by atoms with E-state index >= 15 is 0 Å². The van der Waals surface area contributed by atoms with Crippen LogP contribution >= 0.6 is 0 Å². The van der Waals surface area contributed by atoms with Crippen LogP contribution in [0.25, 0.3) is 0 Å². The second-order valence-corrected chi connectivity index (χ2v) is 6.92. The van der Waals surface area contributed by atoms with Crippen molar-refractivity contribution in [1.82, 2.24) is 0 Å². The largest absolute Gasteiger partial charge is 0.475 e. The lowest BCUT2D eigenvalue weighted by molar-refractivity contribution is 0.319. The number of benzene rings is 3. The lowest BCUT2D eigenvalue weighted by Crippen LogP contribution is -2.05. The molecule has 4 heteroatoms. The van der Waals surface area contributed by atoms with E-state index in [0.29, 0.717) is 25.0 Å². The highest BCUT2D eigenvalue weighted by Gasteiger charge is 2.24. The van der Waals surface area contributed by atoms with Crippen LogP contribution in [0.3, 0.4) is 0 Å². The molecule has 0 saturated carbocycles. The molecule has 2 aliphatic rings. The van der Waals surface area contributed by atoms with Crippen molar-refractivity contribution in [2.24, 2.45) is 9.98 Å². The van der Waals surface area contributed by atoms with E-state index in [1.54, 1.807) is 0 Å². The summed E-state index contributed by atoms with van der Waals surface area (Å²) in [6.45, 7) is 1.13. The number of hydrogen-bond acceptors (Lipinski definition) is 4. The number of rotatable bonds is 4. The van der Waals surface area contributed by atoms with Crippen molar-refractivity contribution in [2.75, 3.05) is 13.2 Å². The van der Waals surface area contributed by atoms with Crippen LogP contribution in [-0.4, -0.2) is 25.0 Å². The lowest BCUT2D eigenvalue weighted by atomic mass is 10.1. The third-order valence-electron chi connectivity index (χ3n) is 5.03. The Morgan fingerprint density at radius 1 is 0.571 bits per heavy atom. The van der Waals surface area contributed by atoms with Crippen LogP contribution in [0.15, 0.2) is 94.9 Å². The van der Waals surface area contributed by atoms with E-state index in [4.69, 9.17) is 19.5 Å². The molecule has 5 rings (SSSR count). The van der Waals surface area contributed by atoms with Gasteiger partial charge in [0.2, 0.25) is 11.8 Å². The van der Waals surface area contributed by atoms with Gasteiger partial charge in [-0.05, 0) is 29.3 Å². The first-order valence-electron chi connectivity index (χ1n) is 9.49. The summed E-state index contributed by atoms with van der Waals surface area (Å²) in [6, 6.07) is 28.6. The molecule has 0 saturated heterocycles. The Kier molecular flexibility index (Phi) is 4.37. The minimum Gasteiger partial charge on any atom is -0.475 e. The standard InChI is InChI=1S/C24H20N2O2/c1-3-8-17(9-4-1)21-15-27-23(25-21)19-12-7-13-20(14-19)24-26-22(16-28-24)18-10-5-2-6-11-18/h1-14,21-22H,15-16H2/t21-,22+. The van der Waals surface area contributed by atoms with Crippen molar-refractivity contribution in [2.45, 2.75) is 12.1 Å². The number of hydrogen-bond donors (Lipinski definition) is 0. The highest BCUT2D eigenvalue weighted by Crippen LogP contribution is 2.27. The Labute approximate surface area is 164 Å². The molecule has 0 amide bonds. The Morgan fingerprint density at radius 3 is 1.50 bits per heavy atom. The zero-order chi connectivity index (χ0) is 18.8. The van der Waals surface area contributed by atoms with Gasteiger partial charge in [-0.25, -0.2) is 9.98 Å². The molecule has 0 spiro atoms. The van der Waals surface area contributed by atoms with Gasteiger partial charge in [0.05, 0.1) is 0 Å². The molecule has 3 aromatic rings. The Hall–Kier alpha value is -3.40. The molecule has 2 aliphatic heterocycles. The molecule has 138 valence electrons. The third kappa shape index (κ3) is 3.29. The predicted octanol–water partition coefficient (Wildman–Crippen LogP) is 4.72. The molecule has 0 N–H and O–H groups in total. The molecule has 2 atom stereocenters. The van der Waals surface area contributed by atoms with Crippen LogP contribution in [0.2, 0.25) is 0 Å². The van der Waals surface area contributed by atoms with Gasteiger partial charge in [0.25, 0.3) is 0 Å². The van der Waals surface area contributed by atoms with Gasteiger partial charge in [0.15, 0.2) is 0 Å². The molecule has 0 aromatic heterocycles. The highest BCUT2D eigenvalue weighted by molar-refractivity contribution is 6.00. The summed E-state index contributed by atoms with van der Waals surface area (Å²) in [5.41, 5.74) is 4.24. The summed E-state index contributed by atoms with van der Waals surface area (Å²) in [7, 11) is 0. The maximum atomic E-state index is 5.88. The van der Waals surface area contributed by atoms with E-state index in [1.807, 2.05) is 60.7 Å². The third-order valence-corrected chi connectivity index (χ3v) is 5.03. The maximum absolute atomic E-state index is 5.88. The van der Waals surface area contributed by atoms with Gasteiger partial charge in [0.1, 0.15) is 25.3 Å². The second-order valence-electron chi connectivity index (χ2n) is 6.92. The van der Waals surface area contributed by atoms with E-state index in [1.165, 1.54) is 11.1 Å². The molecule has 0 bridgehead atoms. The molecular weight excluding hydrogens is 348 g/mol. The summed E-state index contributed by atoms with van der Waals surface area (Å²) in [4.78, 5) is 9.55. The number of aliphatic imine (C=N–C) groups is 2. The summed E-state index contributed by atoms with van der Waals surface area (Å²) in [6.07, 6.45) is 0. The van der Waals surface area contributed by atoms with Crippen LogP contribution in [0, 0.1) is 0 Å². The van der Waals surface area contributed by atoms with Gasteiger partial charge in [-0.3, -0.25) is 0 Å². The number of ether oxygens (including phenoxy) is 2. The minimum atomic E-state index is 0.0439. The molecule has 2 heterocycles. The first-order chi connectivity index (χ1) is 13.9. The Morgan fingerprint density at radius 2 is 1.04 bits per heavy atom. The van der Waals surface area contributed by atoms with E-state index in [9.17, 15) is 0 Å². The van der Waals surface area contributed by atoms with Gasteiger partial charge in [-0.1, -0.05) is 66.7 Å². The Bertz CT molecular complexity index is 948. The minimum absolute atomic E-state index is 0.0439. The smallest absolute Gasteiger partial charge is 0.216 e. The second kappa shape index (κ2) is 7.31. The summed E-state index contributed by atoms with van der Waals surface area (Å²) in [5, 5.41) is 0. The van der Waals surface area contributed by atoms with Gasteiger partial charge in [-0.15, -0.1) is 0 Å². The zero-order valence-electron chi connectivity index (χ0n) is 15.4. The number of nitrogens with zero attached hydrogens (tertiary/aromatic N) is 2. The summed E-state index contributed by atoms with van der Waals surface area (Å²) >= 11 is 0. The topological polar surface area (TPSA) is 43.2 Å². The summed E-state index contributed by atoms with van der Waals surface area (Å²) < 4.78 is 11.8. The van der Waals surface area contributed by atoms with Crippen LogP contribution in [0.5, 0.6) is 0 Å². The van der Waals surface area contributed by atoms with Crippen molar-refractivity contribution < 1.29 is 9.47 Å². The average molecular weight is 368 g/mol. The van der Waals surface area contributed by atoms with Gasteiger partial charge >= 0.3 is 0 Å². The quantitative estimate of drug-likeness (QED) is 0.669. The molecule has 0 aliphatic carbocycles.